The minimum atomic E-state index is -1.90. The maximum absolute atomic E-state index is 15.9. The number of benzene rings is 3. The maximum atomic E-state index is 15.9. The lowest BCUT2D eigenvalue weighted by Gasteiger charge is -2.64. The summed E-state index contributed by atoms with van der Waals surface area (Å²) in [7, 11) is 2.45. The number of rotatable bonds is 16. The summed E-state index contributed by atoms with van der Waals surface area (Å²) in [5.41, 5.74) is -1.96. The summed E-state index contributed by atoms with van der Waals surface area (Å²) in [5, 5.41) is 7.83. The highest BCUT2D eigenvalue weighted by Crippen LogP contribution is 2.66. The molecule has 2 saturated heterocycles. The van der Waals surface area contributed by atoms with Gasteiger partial charge in [-0.05, 0) is 100 Å². The second-order valence-corrected chi connectivity index (χ2v) is 20.1. The first-order chi connectivity index (χ1) is 33.0. The third-order valence-corrected chi connectivity index (χ3v) is 14.3. The maximum Gasteiger partial charge on any atom is 0.482 e. The van der Waals surface area contributed by atoms with Crippen molar-refractivity contribution in [3.05, 3.63) is 87.4 Å². The molecule has 3 aromatic rings. The van der Waals surface area contributed by atoms with Crippen LogP contribution in [-0.2, 0) is 34.9 Å². The number of urea groups is 1. The average Bonchev–Trinajstić information content (AvgIpc) is 3.68. The summed E-state index contributed by atoms with van der Waals surface area (Å²) in [6.07, 6.45) is 1.27. The van der Waals surface area contributed by atoms with Gasteiger partial charge >= 0.3 is 30.9 Å². The minimum Gasteiger partial charge on any atom is -0.495 e. The molecule has 21 heteroatoms. The Bertz CT molecular complexity index is 2550. The van der Waals surface area contributed by atoms with Crippen molar-refractivity contribution in [3.8, 4) is 17.2 Å². The van der Waals surface area contributed by atoms with Gasteiger partial charge in [0.1, 0.15) is 28.8 Å². The summed E-state index contributed by atoms with van der Waals surface area (Å²) in [4.78, 5) is 84.1. The van der Waals surface area contributed by atoms with Crippen LogP contribution in [0, 0.1) is 28.9 Å². The Morgan fingerprint density at radius 3 is 2.23 bits per heavy atom. The highest BCUT2D eigenvalue weighted by atomic mass is 35.5. The fraction of sp³-hybridized carbons (Fsp3) is 0.510. The fourth-order valence-electron chi connectivity index (χ4n) is 10.2. The minimum absolute atomic E-state index is 0.0706. The standard InChI is InChI=1S/C49H59BClF2N5O12/c1-47(2,3)68-45(63)35-30(52)17-16-27(38(35)65-7)22-34(50-69-33-24-28-23-32(48(28,4)5)49(33,6)70-50)55-42(60)37(29-25-31(53)39(66-8)40(67-9)36(29)51)56-46(64)58-21-20-57(43(61)44(58)62)19-13-18-54-41(59)26-14-11-10-12-15-26/h10-12,14-17,25,28,32-34,37H,13,18-24H2,1-9H3,(H,54,59)(H,55,60)(H,56,64)/t28-,32-,33+,34?,37?,49-/m0/s1. The number of imide groups is 1. The lowest BCUT2D eigenvalue weighted by molar-refractivity contribution is -0.199. The summed E-state index contributed by atoms with van der Waals surface area (Å²) < 4.78 is 66.7. The third-order valence-electron chi connectivity index (χ3n) is 13.9. The van der Waals surface area contributed by atoms with E-state index in [9.17, 15) is 24.0 Å². The van der Waals surface area contributed by atoms with Gasteiger partial charge in [0.05, 0.1) is 44.0 Å². The second-order valence-electron chi connectivity index (χ2n) is 19.7. The van der Waals surface area contributed by atoms with E-state index in [0.29, 0.717) is 29.2 Å². The van der Waals surface area contributed by atoms with Crippen LogP contribution in [0.3, 0.4) is 0 Å². The van der Waals surface area contributed by atoms with E-state index in [1.165, 1.54) is 32.3 Å². The molecule has 2 heterocycles. The Morgan fingerprint density at radius 1 is 0.900 bits per heavy atom. The summed E-state index contributed by atoms with van der Waals surface area (Å²) in [6, 6.07) is 8.80. The molecule has 2 aliphatic heterocycles. The number of hydrogen-bond donors (Lipinski definition) is 3. The van der Waals surface area contributed by atoms with Crippen LogP contribution in [0.25, 0.3) is 0 Å². The van der Waals surface area contributed by atoms with E-state index in [-0.39, 0.29) is 83.6 Å². The van der Waals surface area contributed by atoms with Crippen LogP contribution in [0.1, 0.15) is 98.7 Å². The van der Waals surface area contributed by atoms with E-state index >= 15 is 13.6 Å². The van der Waals surface area contributed by atoms with Gasteiger partial charge in [0.15, 0.2) is 17.3 Å². The zero-order valence-electron chi connectivity index (χ0n) is 40.7. The number of hydrogen-bond acceptors (Lipinski definition) is 12. The number of carbonyl (C=O) groups excluding carboxylic acids is 6. The number of carbonyl (C=O) groups is 6. The van der Waals surface area contributed by atoms with Crippen molar-refractivity contribution in [1.82, 2.24) is 25.8 Å². The van der Waals surface area contributed by atoms with Crippen molar-refractivity contribution in [1.29, 1.82) is 0 Å². The van der Waals surface area contributed by atoms with E-state index in [2.05, 4.69) is 29.8 Å². The van der Waals surface area contributed by atoms with Gasteiger partial charge in [-0.3, -0.25) is 24.1 Å². The first-order valence-corrected chi connectivity index (χ1v) is 23.5. The molecule has 17 nitrogen and oxygen atoms in total. The van der Waals surface area contributed by atoms with Crippen molar-refractivity contribution in [2.24, 2.45) is 17.3 Å². The number of esters is 1. The van der Waals surface area contributed by atoms with Gasteiger partial charge in [0, 0.05) is 37.3 Å². The Balaban J connectivity index is 1.18. The molecule has 3 aliphatic carbocycles. The Kier molecular flexibility index (Phi) is 15.1. The highest BCUT2D eigenvalue weighted by molar-refractivity contribution is 6.48. The molecule has 70 heavy (non-hydrogen) atoms. The van der Waals surface area contributed by atoms with Crippen molar-refractivity contribution in [3.63, 3.8) is 0 Å². The summed E-state index contributed by atoms with van der Waals surface area (Å²) >= 11 is 6.83. The zero-order chi connectivity index (χ0) is 51.0. The second kappa shape index (κ2) is 20.4. The smallest absolute Gasteiger partial charge is 0.482 e. The first kappa shape index (κ1) is 51.9. The van der Waals surface area contributed by atoms with Crippen LogP contribution in [0.4, 0.5) is 13.6 Å². The Hall–Kier alpha value is -5.99. The molecular formula is C49H59BClF2N5O12. The number of nitrogens with one attached hydrogen (secondary N) is 3. The largest absolute Gasteiger partial charge is 0.495 e. The van der Waals surface area contributed by atoms with Crippen LogP contribution < -0.4 is 30.2 Å². The van der Waals surface area contributed by atoms with Gasteiger partial charge in [-0.1, -0.05) is 49.7 Å². The predicted molar refractivity (Wildman–Crippen MR) is 251 cm³/mol. The van der Waals surface area contributed by atoms with Gasteiger partial charge in [-0.15, -0.1) is 0 Å². The Labute approximate surface area is 410 Å². The zero-order valence-corrected chi connectivity index (χ0v) is 41.4. The average molecular weight is 994 g/mol. The van der Waals surface area contributed by atoms with Gasteiger partial charge < -0.3 is 49.1 Å². The molecule has 6 amide bonds. The molecule has 0 aromatic heterocycles. The number of piperazine rings is 1. The van der Waals surface area contributed by atoms with Crippen LogP contribution in [0.5, 0.6) is 17.2 Å². The van der Waals surface area contributed by atoms with E-state index < -0.39 is 83.0 Å². The monoisotopic (exact) mass is 993 g/mol. The summed E-state index contributed by atoms with van der Waals surface area (Å²) in [6.45, 7) is 11.1. The van der Waals surface area contributed by atoms with Crippen molar-refractivity contribution in [2.45, 2.75) is 96.5 Å². The quantitative estimate of drug-likeness (QED) is 0.0672. The normalized spacial score (nSPS) is 22.3. The molecule has 5 fully saturated rings. The molecule has 0 radical (unpaired) electrons. The van der Waals surface area contributed by atoms with E-state index in [1.54, 1.807) is 51.1 Å². The van der Waals surface area contributed by atoms with E-state index in [1.807, 2.05) is 6.92 Å². The van der Waals surface area contributed by atoms with Crippen molar-refractivity contribution in [2.75, 3.05) is 47.5 Å². The van der Waals surface area contributed by atoms with Gasteiger partial charge in [-0.2, -0.15) is 0 Å². The molecule has 2 unspecified atom stereocenters. The molecule has 3 N–H and O–H groups in total. The number of methoxy groups -OCH3 is 3. The van der Waals surface area contributed by atoms with Crippen molar-refractivity contribution >= 4 is 54.3 Å². The topological polar surface area (TPSA) is 200 Å². The number of halogens is 3. The number of amides is 6. The van der Waals surface area contributed by atoms with Crippen molar-refractivity contribution < 1.29 is 65.8 Å². The van der Waals surface area contributed by atoms with Crippen LogP contribution >= 0.6 is 11.6 Å². The molecule has 2 bridgehead atoms. The molecular weight excluding hydrogens is 935 g/mol. The molecule has 376 valence electrons. The molecule has 8 rings (SSSR count). The molecule has 3 saturated carbocycles. The van der Waals surface area contributed by atoms with Crippen LogP contribution in [-0.4, -0.2) is 123 Å². The SMILES string of the molecule is COc1c(F)cc(C(NC(=O)N2CCN(CCCNC(=O)c3ccccc3)C(=O)C2=O)C(=O)NC(Cc2ccc(F)c(C(=O)OC(C)(C)C)c2OC)B2O[C@@H]3C[C@@H]4C[C@@H](C4(C)C)[C@]3(C)O2)c(Cl)c1OC. The van der Waals surface area contributed by atoms with Crippen LogP contribution in [0.2, 0.25) is 5.02 Å². The third kappa shape index (κ3) is 10.1. The van der Waals surface area contributed by atoms with Gasteiger partial charge in [0.2, 0.25) is 5.91 Å². The lowest BCUT2D eigenvalue weighted by Crippen LogP contribution is -2.65. The Morgan fingerprint density at radius 2 is 1.59 bits per heavy atom. The highest BCUT2D eigenvalue weighted by Gasteiger charge is 2.68. The summed E-state index contributed by atoms with van der Waals surface area (Å²) in [5.74, 6) is -8.07. The fourth-order valence-corrected chi connectivity index (χ4v) is 10.5. The molecule has 5 aliphatic rings. The van der Waals surface area contributed by atoms with Gasteiger partial charge in [-0.25, -0.2) is 18.4 Å². The molecule has 3 aromatic carbocycles. The van der Waals surface area contributed by atoms with Gasteiger partial charge in [0.25, 0.3) is 5.91 Å². The molecule has 0 spiro atoms. The predicted octanol–water partition coefficient (Wildman–Crippen LogP) is 5.84. The number of nitrogens with zero attached hydrogens (tertiary/aromatic N) is 2. The number of ether oxygens (including phenoxy) is 4. The van der Waals surface area contributed by atoms with E-state index in [4.69, 9.17) is 39.9 Å². The molecule has 6 atom stereocenters. The van der Waals surface area contributed by atoms with E-state index in [0.717, 1.165) is 18.6 Å². The lowest BCUT2D eigenvalue weighted by atomic mass is 9.43. The first-order valence-electron chi connectivity index (χ1n) is 23.1. The van der Waals surface area contributed by atoms with Crippen LogP contribution in [0.15, 0.2) is 48.5 Å².